The second-order valence-corrected chi connectivity index (χ2v) is 5.79. The normalized spacial score (nSPS) is 29.9. The van der Waals surface area contributed by atoms with Crippen molar-refractivity contribution in [3.8, 4) is 0 Å². The van der Waals surface area contributed by atoms with Crippen molar-refractivity contribution < 1.29 is 4.79 Å². The number of carbonyl (C=O) groups excluding carboxylic acids is 1. The summed E-state index contributed by atoms with van der Waals surface area (Å²) in [5, 5.41) is 3.53. The number of rotatable bonds is 4. The van der Waals surface area contributed by atoms with Crippen LogP contribution in [0, 0.1) is 0 Å². The summed E-state index contributed by atoms with van der Waals surface area (Å²) >= 11 is 0. The predicted molar refractivity (Wildman–Crippen MR) is 73.5 cm³/mol. The molecule has 1 amide bonds. The standard InChI is InChI=1S/C14H27N3O/c1-4-16(3)14(18)11(2)15-12-7-9-17-8-5-6-13(17)10-12/h11-13,15H,4-10H2,1-3H3. The molecule has 3 unspecified atom stereocenters. The Balaban J connectivity index is 1.81. The van der Waals surface area contributed by atoms with Crippen molar-refractivity contribution in [1.29, 1.82) is 0 Å². The number of amides is 1. The summed E-state index contributed by atoms with van der Waals surface area (Å²) in [6.45, 7) is 7.28. The first-order chi connectivity index (χ1) is 8.61. The van der Waals surface area contributed by atoms with Crippen molar-refractivity contribution in [2.45, 2.75) is 57.7 Å². The minimum absolute atomic E-state index is 0.0482. The SMILES string of the molecule is CCN(C)C(=O)C(C)NC1CCN2CCCC2C1. The average Bonchev–Trinajstić information content (AvgIpc) is 2.84. The highest BCUT2D eigenvalue weighted by Crippen LogP contribution is 2.26. The molecule has 2 saturated heterocycles. The molecule has 0 bridgehead atoms. The van der Waals surface area contributed by atoms with Crippen LogP contribution in [-0.4, -0.2) is 60.5 Å². The van der Waals surface area contributed by atoms with Gasteiger partial charge in [-0.05, 0) is 52.6 Å². The Labute approximate surface area is 111 Å². The van der Waals surface area contributed by atoms with Gasteiger partial charge in [-0.1, -0.05) is 0 Å². The van der Waals surface area contributed by atoms with Crippen LogP contribution in [0.1, 0.15) is 39.5 Å². The molecule has 1 N–H and O–H groups in total. The summed E-state index contributed by atoms with van der Waals surface area (Å²) in [6, 6.07) is 1.24. The fourth-order valence-corrected chi connectivity index (χ4v) is 3.29. The largest absolute Gasteiger partial charge is 0.345 e. The Morgan fingerprint density at radius 3 is 2.94 bits per heavy atom. The van der Waals surface area contributed by atoms with Crippen molar-refractivity contribution in [3.63, 3.8) is 0 Å². The Morgan fingerprint density at radius 1 is 1.44 bits per heavy atom. The van der Waals surface area contributed by atoms with E-state index in [1.54, 1.807) is 4.90 Å². The third-order valence-electron chi connectivity index (χ3n) is 4.53. The highest BCUT2D eigenvalue weighted by atomic mass is 16.2. The molecule has 104 valence electrons. The Hall–Kier alpha value is -0.610. The Morgan fingerprint density at radius 2 is 2.22 bits per heavy atom. The van der Waals surface area contributed by atoms with E-state index in [1.807, 2.05) is 20.9 Å². The zero-order valence-corrected chi connectivity index (χ0v) is 12.0. The minimum Gasteiger partial charge on any atom is -0.345 e. The molecule has 3 atom stereocenters. The van der Waals surface area contributed by atoms with Gasteiger partial charge in [0.25, 0.3) is 0 Å². The van der Waals surface area contributed by atoms with Crippen molar-refractivity contribution in [2.75, 3.05) is 26.7 Å². The van der Waals surface area contributed by atoms with Gasteiger partial charge in [0.1, 0.15) is 0 Å². The molecule has 0 radical (unpaired) electrons. The second-order valence-electron chi connectivity index (χ2n) is 5.79. The third-order valence-corrected chi connectivity index (χ3v) is 4.53. The van der Waals surface area contributed by atoms with Crippen LogP contribution < -0.4 is 5.32 Å². The van der Waals surface area contributed by atoms with Gasteiger partial charge >= 0.3 is 0 Å². The van der Waals surface area contributed by atoms with Gasteiger partial charge in [-0.3, -0.25) is 4.79 Å². The van der Waals surface area contributed by atoms with E-state index in [0.717, 1.165) is 12.6 Å². The van der Waals surface area contributed by atoms with Gasteiger partial charge in [-0.15, -0.1) is 0 Å². The van der Waals surface area contributed by atoms with Crippen LogP contribution in [0.5, 0.6) is 0 Å². The molecule has 0 saturated carbocycles. The van der Waals surface area contributed by atoms with Crippen LogP contribution in [0.25, 0.3) is 0 Å². The van der Waals surface area contributed by atoms with Crippen LogP contribution in [0.3, 0.4) is 0 Å². The van der Waals surface area contributed by atoms with Crippen molar-refractivity contribution in [3.05, 3.63) is 0 Å². The second kappa shape index (κ2) is 6.02. The van der Waals surface area contributed by atoms with Gasteiger partial charge in [0, 0.05) is 25.7 Å². The number of likely N-dealkylation sites (N-methyl/N-ethyl adjacent to an activating group) is 1. The number of piperidine rings is 1. The van der Waals surface area contributed by atoms with Crippen LogP contribution >= 0.6 is 0 Å². The molecule has 2 aliphatic rings. The van der Waals surface area contributed by atoms with E-state index in [-0.39, 0.29) is 11.9 Å². The number of hydrogen-bond acceptors (Lipinski definition) is 3. The van der Waals surface area contributed by atoms with Gasteiger partial charge in [-0.2, -0.15) is 0 Å². The molecule has 4 heteroatoms. The monoisotopic (exact) mass is 253 g/mol. The Kier molecular flexibility index (Phi) is 4.62. The maximum atomic E-state index is 12.0. The lowest BCUT2D eigenvalue weighted by molar-refractivity contribution is -0.131. The smallest absolute Gasteiger partial charge is 0.239 e. The van der Waals surface area contributed by atoms with E-state index in [4.69, 9.17) is 0 Å². The number of carbonyl (C=O) groups is 1. The molecule has 2 fully saturated rings. The molecule has 2 rings (SSSR count). The highest BCUT2D eigenvalue weighted by molar-refractivity contribution is 5.81. The predicted octanol–water partition coefficient (Wildman–Crippen LogP) is 1.07. The number of hydrogen-bond donors (Lipinski definition) is 1. The van der Waals surface area contributed by atoms with Crippen LogP contribution in [0.15, 0.2) is 0 Å². The number of nitrogens with one attached hydrogen (secondary N) is 1. The quantitative estimate of drug-likeness (QED) is 0.814. The molecule has 0 spiro atoms. The highest BCUT2D eigenvalue weighted by Gasteiger charge is 2.32. The first kappa shape index (κ1) is 13.8. The summed E-state index contributed by atoms with van der Waals surface area (Å²) in [5.41, 5.74) is 0. The molecular weight excluding hydrogens is 226 g/mol. The first-order valence-electron chi connectivity index (χ1n) is 7.37. The van der Waals surface area contributed by atoms with Crippen molar-refractivity contribution >= 4 is 5.91 Å². The van der Waals surface area contributed by atoms with E-state index >= 15 is 0 Å². The molecule has 0 aliphatic carbocycles. The van der Waals surface area contributed by atoms with Gasteiger partial charge in [-0.25, -0.2) is 0 Å². The van der Waals surface area contributed by atoms with Gasteiger partial charge in [0.2, 0.25) is 5.91 Å². The summed E-state index contributed by atoms with van der Waals surface area (Å²) in [6.07, 6.45) is 5.09. The van der Waals surface area contributed by atoms with Crippen LogP contribution in [-0.2, 0) is 4.79 Å². The summed E-state index contributed by atoms with van der Waals surface area (Å²) in [4.78, 5) is 16.4. The summed E-state index contributed by atoms with van der Waals surface area (Å²) in [7, 11) is 1.88. The van der Waals surface area contributed by atoms with E-state index in [2.05, 4.69) is 10.2 Å². The van der Waals surface area contributed by atoms with E-state index in [0.29, 0.717) is 6.04 Å². The fraction of sp³-hybridized carbons (Fsp3) is 0.929. The maximum absolute atomic E-state index is 12.0. The van der Waals surface area contributed by atoms with Gasteiger partial charge < -0.3 is 15.1 Å². The van der Waals surface area contributed by atoms with Crippen molar-refractivity contribution in [1.82, 2.24) is 15.1 Å². The van der Waals surface area contributed by atoms with Gasteiger partial charge in [0.05, 0.1) is 6.04 Å². The zero-order valence-electron chi connectivity index (χ0n) is 12.0. The molecule has 2 heterocycles. The number of fused-ring (bicyclic) bond motifs is 1. The molecule has 18 heavy (non-hydrogen) atoms. The zero-order chi connectivity index (χ0) is 13.1. The lowest BCUT2D eigenvalue weighted by Gasteiger charge is -2.36. The van der Waals surface area contributed by atoms with Gasteiger partial charge in [0.15, 0.2) is 0 Å². The van der Waals surface area contributed by atoms with Crippen LogP contribution in [0.4, 0.5) is 0 Å². The lowest BCUT2D eigenvalue weighted by atomic mass is 9.97. The lowest BCUT2D eigenvalue weighted by Crippen LogP contribution is -2.52. The minimum atomic E-state index is -0.0482. The maximum Gasteiger partial charge on any atom is 0.239 e. The molecule has 4 nitrogen and oxygen atoms in total. The summed E-state index contributed by atoms with van der Waals surface area (Å²) in [5.74, 6) is 0.214. The molecule has 2 aliphatic heterocycles. The third kappa shape index (κ3) is 3.04. The van der Waals surface area contributed by atoms with Crippen molar-refractivity contribution in [2.24, 2.45) is 0 Å². The molecular formula is C14H27N3O. The van der Waals surface area contributed by atoms with E-state index in [9.17, 15) is 4.79 Å². The van der Waals surface area contributed by atoms with Crippen LogP contribution in [0.2, 0.25) is 0 Å². The first-order valence-corrected chi connectivity index (χ1v) is 7.37. The molecule has 0 aromatic heterocycles. The molecule has 0 aromatic rings. The average molecular weight is 253 g/mol. The molecule has 0 aromatic carbocycles. The Bertz CT molecular complexity index is 295. The summed E-state index contributed by atoms with van der Waals surface area (Å²) < 4.78 is 0. The van der Waals surface area contributed by atoms with E-state index < -0.39 is 0 Å². The number of nitrogens with zero attached hydrogens (tertiary/aromatic N) is 2. The topological polar surface area (TPSA) is 35.6 Å². The van der Waals surface area contributed by atoms with E-state index in [1.165, 1.54) is 38.8 Å². The fourth-order valence-electron chi connectivity index (χ4n) is 3.29.